The van der Waals surface area contributed by atoms with Crippen LogP contribution in [0.25, 0.3) is 0 Å². The molecular formula is C16H17N3O2S. The standard InChI is InChI=1S/C16H17N3O2S/c1-10-7-11(2)9-13(8-10)17-16(22)18-14-5-4-6-15(12(14)3)19(20)21/h4-9H,1-3H3,(H2,17,18,22). The fourth-order valence-corrected chi connectivity index (χ4v) is 2.52. The summed E-state index contributed by atoms with van der Waals surface area (Å²) in [5.74, 6) is 0. The Kier molecular flexibility index (Phi) is 4.72. The van der Waals surface area contributed by atoms with Gasteiger partial charge in [-0.3, -0.25) is 10.1 Å². The second kappa shape index (κ2) is 6.53. The highest BCUT2D eigenvalue weighted by molar-refractivity contribution is 7.80. The van der Waals surface area contributed by atoms with Crippen LogP contribution < -0.4 is 10.6 Å². The third kappa shape index (κ3) is 3.79. The number of thiocarbonyl (C=S) groups is 1. The first kappa shape index (κ1) is 15.9. The lowest BCUT2D eigenvalue weighted by Gasteiger charge is -2.13. The highest BCUT2D eigenvalue weighted by Gasteiger charge is 2.13. The van der Waals surface area contributed by atoms with Gasteiger partial charge in [-0.15, -0.1) is 0 Å². The highest BCUT2D eigenvalue weighted by Crippen LogP contribution is 2.25. The Hall–Kier alpha value is -2.47. The summed E-state index contributed by atoms with van der Waals surface area (Å²) in [7, 11) is 0. The molecule has 0 saturated carbocycles. The highest BCUT2D eigenvalue weighted by atomic mass is 32.1. The zero-order valence-electron chi connectivity index (χ0n) is 12.6. The van der Waals surface area contributed by atoms with E-state index in [9.17, 15) is 10.1 Å². The molecule has 0 spiro atoms. The van der Waals surface area contributed by atoms with E-state index in [-0.39, 0.29) is 5.69 Å². The van der Waals surface area contributed by atoms with E-state index in [1.807, 2.05) is 26.0 Å². The maximum absolute atomic E-state index is 11.0. The number of nitrogens with one attached hydrogen (secondary N) is 2. The topological polar surface area (TPSA) is 67.2 Å². The van der Waals surface area contributed by atoms with Crippen LogP contribution in [0, 0.1) is 30.9 Å². The van der Waals surface area contributed by atoms with Crippen LogP contribution in [0.2, 0.25) is 0 Å². The third-order valence-electron chi connectivity index (χ3n) is 3.23. The number of nitrogens with zero attached hydrogens (tertiary/aromatic N) is 1. The molecule has 0 atom stereocenters. The minimum atomic E-state index is -0.402. The average Bonchev–Trinajstić information content (AvgIpc) is 2.39. The molecule has 0 aliphatic carbocycles. The van der Waals surface area contributed by atoms with Gasteiger partial charge in [-0.05, 0) is 62.3 Å². The summed E-state index contributed by atoms with van der Waals surface area (Å²) >= 11 is 5.28. The molecule has 0 unspecified atom stereocenters. The molecule has 0 amide bonds. The summed E-state index contributed by atoms with van der Waals surface area (Å²) in [5, 5.41) is 17.5. The van der Waals surface area contributed by atoms with Crippen molar-refractivity contribution < 1.29 is 4.92 Å². The van der Waals surface area contributed by atoms with Crippen LogP contribution >= 0.6 is 12.2 Å². The summed E-state index contributed by atoms with van der Waals surface area (Å²) in [6.07, 6.45) is 0. The number of nitro groups is 1. The molecule has 0 fully saturated rings. The molecule has 2 aromatic carbocycles. The lowest BCUT2D eigenvalue weighted by atomic mass is 10.1. The Balaban J connectivity index is 2.16. The Bertz CT molecular complexity index is 724. The summed E-state index contributed by atoms with van der Waals surface area (Å²) in [6, 6.07) is 10.9. The molecule has 2 aromatic rings. The van der Waals surface area contributed by atoms with E-state index in [0.29, 0.717) is 16.4 Å². The van der Waals surface area contributed by atoms with Gasteiger partial charge in [0.15, 0.2) is 5.11 Å². The molecule has 0 saturated heterocycles. The van der Waals surface area contributed by atoms with Gasteiger partial charge in [0, 0.05) is 11.8 Å². The van der Waals surface area contributed by atoms with Crippen molar-refractivity contribution in [3.8, 4) is 0 Å². The van der Waals surface area contributed by atoms with Crippen LogP contribution in [0.15, 0.2) is 36.4 Å². The van der Waals surface area contributed by atoms with Crippen molar-refractivity contribution in [2.24, 2.45) is 0 Å². The first-order valence-corrected chi connectivity index (χ1v) is 7.18. The molecule has 0 heterocycles. The predicted octanol–water partition coefficient (Wildman–Crippen LogP) is 4.33. The minimum Gasteiger partial charge on any atom is -0.332 e. The van der Waals surface area contributed by atoms with Gasteiger partial charge in [0.05, 0.1) is 16.2 Å². The summed E-state index contributed by atoms with van der Waals surface area (Å²) in [4.78, 5) is 10.6. The summed E-state index contributed by atoms with van der Waals surface area (Å²) < 4.78 is 0. The quantitative estimate of drug-likeness (QED) is 0.501. The predicted molar refractivity (Wildman–Crippen MR) is 93.6 cm³/mol. The molecule has 114 valence electrons. The molecule has 0 radical (unpaired) electrons. The number of hydrogen-bond donors (Lipinski definition) is 2. The van der Waals surface area contributed by atoms with Gasteiger partial charge in [0.1, 0.15) is 0 Å². The maximum Gasteiger partial charge on any atom is 0.274 e. The molecule has 5 nitrogen and oxygen atoms in total. The lowest BCUT2D eigenvalue weighted by Crippen LogP contribution is -2.20. The number of benzene rings is 2. The maximum atomic E-state index is 11.0. The second-order valence-electron chi connectivity index (χ2n) is 5.16. The molecule has 2 rings (SSSR count). The van der Waals surface area contributed by atoms with Crippen molar-refractivity contribution in [2.45, 2.75) is 20.8 Å². The third-order valence-corrected chi connectivity index (χ3v) is 3.43. The number of aryl methyl sites for hydroxylation is 2. The summed E-state index contributed by atoms with van der Waals surface area (Å²) in [6.45, 7) is 5.72. The molecule has 6 heteroatoms. The molecule has 22 heavy (non-hydrogen) atoms. The SMILES string of the molecule is Cc1cc(C)cc(NC(=S)Nc2cccc([N+](=O)[O-])c2C)c1. The van der Waals surface area contributed by atoms with Crippen LogP contribution in [0.4, 0.5) is 17.1 Å². The van der Waals surface area contributed by atoms with E-state index >= 15 is 0 Å². The van der Waals surface area contributed by atoms with E-state index in [1.54, 1.807) is 19.1 Å². The van der Waals surface area contributed by atoms with Crippen molar-refractivity contribution in [1.29, 1.82) is 0 Å². The van der Waals surface area contributed by atoms with Gasteiger partial charge in [0.25, 0.3) is 5.69 Å². The van der Waals surface area contributed by atoms with E-state index < -0.39 is 4.92 Å². The van der Waals surface area contributed by atoms with Crippen LogP contribution in [0.5, 0.6) is 0 Å². The van der Waals surface area contributed by atoms with Crippen molar-refractivity contribution in [3.63, 3.8) is 0 Å². The summed E-state index contributed by atoms with van der Waals surface area (Å²) in [5.41, 5.74) is 4.40. The van der Waals surface area contributed by atoms with Crippen LogP contribution in [-0.4, -0.2) is 10.0 Å². The number of nitro benzene ring substituents is 1. The van der Waals surface area contributed by atoms with Crippen molar-refractivity contribution in [1.82, 2.24) is 0 Å². The molecule has 0 aliphatic heterocycles. The first-order valence-electron chi connectivity index (χ1n) is 6.77. The fourth-order valence-electron chi connectivity index (χ4n) is 2.29. The van der Waals surface area contributed by atoms with Crippen molar-refractivity contribution in [2.75, 3.05) is 10.6 Å². The zero-order chi connectivity index (χ0) is 16.3. The Morgan fingerprint density at radius 1 is 1.09 bits per heavy atom. The van der Waals surface area contributed by atoms with E-state index in [1.165, 1.54) is 6.07 Å². The molecule has 0 aromatic heterocycles. The second-order valence-corrected chi connectivity index (χ2v) is 5.57. The normalized spacial score (nSPS) is 10.1. The van der Waals surface area contributed by atoms with E-state index in [4.69, 9.17) is 12.2 Å². The van der Waals surface area contributed by atoms with Gasteiger partial charge in [-0.2, -0.15) is 0 Å². The number of hydrogen-bond acceptors (Lipinski definition) is 3. The average molecular weight is 315 g/mol. The van der Waals surface area contributed by atoms with Gasteiger partial charge in [-0.1, -0.05) is 12.1 Å². The Labute approximate surface area is 134 Å². The van der Waals surface area contributed by atoms with Crippen LogP contribution in [0.1, 0.15) is 16.7 Å². The van der Waals surface area contributed by atoms with Gasteiger partial charge in [-0.25, -0.2) is 0 Å². The minimum absolute atomic E-state index is 0.0687. The van der Waals surface area contributed by atoms with E-state index in [0.717, 1.165) is 16.8 Å². The van der Waals surface area contributed by atoms with Gasteiger partial charge < -0.3 is 10.6 Å². The Morgan fingerprint density at radius 2 is 1.73 bits per heavy atom. The number of rotatable bonds is 3. The molecule has 0 bridgehead atoms. The molecule has 2 N–H and O–H groups in total. The molecule has 0 aliphatic rings. The smallest absolute Gasteiger partial charge is 0.274 e. The van der Waals surface area contributed by atoms with E-state index in [2.05, 4.69) is 16.7 Å². The van der Waals surface area contributed by atoms with Crippen molar-refractivity contribution >= 4 is 34.4 Å². The Morgan fingerprint density at radius 3 is 2.32 bits per heavy atom. The largest absolute Gasteiger partial charge is 0.332 e. The lowest BCUT2D eigenvalue weighted by molar-refractivity contribution is -0.385. The fraction of sp³-hybridized carbons (Fsp3) is 0.188. The van der Waals surface area contributed by atoms with Crippen molar-refractivity contribution in [3.05, 3.63) is 63.2 Å². The van der Waals surface area contributed by atoms with Gasteiger partial charge >= 0.3 is 0 Å². The van der Waals surface area contributed by atoms with Gasteiger partial charge in [0.2, 0.25) is 0 Å². The molecular weight excluding hydrogens is 298 g/mol. The first-order chi connectivity index (χ1) is 10.4. The zero-order valence-corrected chi connectivity index (χ0v) is 13.5. The number of anilines is 2. The van der Waals surface area contributed by atoms with Crippen LogP contribution in [-0.2, 0) is 0 Å². The monoisotopic (exact) mass is 315 g/mol. The van der Waals surface area contributed by atoms with Crippen LogP contribution in [0.3, 0.4) is 0 Å².